The number of phenolic OH excluding ortho intramolecular Hbond substituents is 1. The molecule has 5 nitrogen and oxygen atoms in total. The van der Waals surface area contributed by atoms with Crippen LogP contribution in [0.5, 0.6) is 5.75 Å². The molecule has 1 amide bonds. The molecule has 4 aromatic carbocycles. The number of benzene rings is 4. The standard InChI is InChI=1S/C28H25NO4/c1-2-33-28(32)27(31)29(18-20-9-4-3-5-10-20)19-23-16-15-22(17-26(23)30)25-14-8-12-21-11-6-7-13-24(21)25/h3-17,30H,2,18-19H2,1H3. The Balaban J connectivity index is 1.63. The first kappa shape index (κ1) is 22.1. The van der Waals surface area contributed by atoms with E-state index < -0.39 is 11.9 Å². The number of nitrogens with zero attached hydrogens (tertiary/aromatic N) is 1. The fourth-order valence-electron chi connectivity index (χ4n) is 3.87. The summed E-state index contributed by atoms with van der Waals surface area (Å²) in [6, 6.07) is 29.0. The van der Waals surface area contributed by atoms with Gasteiger partial charge in [-0.1, -0.05) is 84.9 Å². The molecule has 0 aliphatic rings. The summed E-state index contributed by atoms with van der Waals surface area (Å²) in [6.45, 7) is 2.08. The number of hydrogen-bond acceptors (Lipinski definition) is 4. The molecule has 0 aliphatic carbocycles. The van der Waals surface area contributed by atoms with Crippen LogP contribution < -0.4 is 0 Å². The van der Waals surface area contributed by atoms with Crippen LogP contribution in [0.3, 0.4) is 0 Å². The van der Waals surface area contributed by atoms with Crippen molar-refractivity contribution in [2.24, 2.45) is 0 Å². The van der Waals surface area contributed by atoms with Crippen LogP contribution in [0.15, 0.2) is 91.0 Å². The van der Waals surface area contributed by atoms with E-state index in [9.17, 15) is 14.7 Å². The number of carbonyl (C=O) groups is 2. The highest BCUT2D eigenvalue weighted by molar-refractivity contribution is 6.32. The smallest absolute Gasteiger partial charge is 0.397 e. The van der Waals surface area contributed by atoms with Crippen molar-refractivity contribution in [3.63, 3.8) is 0 Å². The summed E-state index contributed by atoms with van der Waals surface area (Å²) in [7, 11) is 0. The number of fused-ring (bicyclic) bond motifs is 1. The van der Waals surface area contributed by atoms with E-state index in [-0.39, 0.29) is 25.4 Å². The van der Waals surface area contributed by atoms with E-state index in [4.69, 9.17) is 4.74 Å². The molecule has 0 saturated heterocycles. The SMILES string of the molecule is CCOC(=O)C(=O)N(Cc1ccccc1)Cc1ccc(-c2cccc3ccccc23)cc1O. The lowest BCUT2D eigenvalue weighted by atomic mass is 9.97. The third-order valence-electron chi connectivity index (χ3n) is 5.50. The summed E-state index contributed by atoms with van der Waals surface area (Å²) in [6.07, 6.45) is 0. The van der Waals surface area contributed by atoms with Gasteiger partial charge in [0.05, 0.1) is 13.2 Å². The van der Waals surface area contributed by atoms with Crippen LogP contribution in [-0.4, -0.2) is 28.5 Å². The van der Waals surface area contributed by atoms with Crippen LogP contribution in [0.25, 0.3) is 21.9 Å². The van der Waals surface area contributed by atoms with E-state index in [0.717, 1.165) is 27.5 Å². The summed E-state index contributed by atoms with van der Waals surface area (Å²) in [5, 5.41) is 13.0. The molecule has 0 aromatic heterocycles. The van der Waals surface area contributed by atoms with Gasteiger partial charge in [0, 0.05) is 12.1 Å². The predicted octanol–water partition coefficient (Wildman–Crippen LogP) is 5.30. The molecule has 166 valence electrons. The van der Waals surface area contributed by atoms with Crippen LogP contribution in [0, 0.1) is 0 Å². The van der Waals surface area contributed by atoms with E-state index >= 15 is 0 Å². The highest BCUT2D eigenvalue weighted by atomic mass is 16.5. The molecular formula is C28H25NO4. The Hall–Kier alpha value is -4.12. The molecule has 0 aliphatic heterocycles. The highest BCUT2D eigenvalue weighted by Crippen LogP contribution is 2.32. The van der Waals surface area contributed by atoms with Gasteiger partial charge in [-0.3, -0.25) is 4.79 Å². The monoisotopic (exact) mass is 439 g/mol. The summed E-state index contributed by atoms with van der Waals surface area (Å²) < 4.78 is 4.92. The number of esters is 1. The van der Waals surface area contributed by atoms with Gasteiger partial charge in [0.1, 0.15) is 5.75 Å². The molecule has 0 atom stereocenters. The molecule has 5 heteroatoms. The van der Waals surface area contributed by atoms with E-state index in [1.54, 1.807) is 19.1 Å². The maximum atomic E-state index is 12.8. The van der Waals surface area contributed by atoms with Crippen LogP contribution in [0.2, 0.25) is 0 Å². The Bertz CT molecular complexity index is 1280. The van der Waals surface area contributed by atoms with Crippen molar-refractivity contribution < 1.29 is 19.4 Å². The van der Waals surface area contributed by atoms with Gasteiger partial charge in [0.25, 0.3) is 0 Å². The summed E-state index contributed by atoms with van der Waals surface area (Å²) >= 11 is 0. The lowest BCUT2D eigenvalue weighted by Crippen LogP contribution is -2.36. The minimum absolute atomic E-state index is 0.0650. The van der Waals surface area contributed by atoms with Crippen LogP contribution in [-0.2, 0) is 27.4 Å². The van der Waals surface area contributed by atoms with Crippen LogP contribution >= 0.6 is 0 Å². The van der Waals surface area contributed by atoms with Crippen molar-refractivity contribution in [2.45, 2.75) is 20.0 Å². The average Bonchev–Trinajstić information content (AvgIpc) is 2.84. The second kappa shape index (κ2) is 10.0. The first-order valence-electron chi connectivity index (χ1n) is 10.9. The Morgan fingerprint density at radius 1 is 0.848 bits per heavy atom. The Kier molecular flexibility index (Phi) is 6.69. The van der Waals surface area contributed by atoms with Gasteiger partial charge in [-0.15, -0.1) is 0 Å². The van der Waals surface area contributed by atoms with Gasteiger partial charge in [0.15, 0.2) is 0 Å². The molecule has 0 spiro atoms. The number of aromatic hydroxyl groups is 1. The molecule has 0 saturated carbocycles. The normalized spacial score (nSPS) is 10.7. The van der Waals surface area contributed by atoms with Crippen molar-refractivity contribution in [1.82, 2.24) is 4.90 Å². The highest BCUT2D eigenvalue weighted by Gasteiger charge is 2.24. The van der Waals surface area contributed by atoms with Crippen molar-refractivity contribution in [1.29, 1.82) is 0 Å². The minimum Gasteiger partial charge on any atom is -0.508 e. The Morgan fingerprint density at radius 2 is 1.58 bits per heavy atom. The molecule has 0 unspecified atom stereocenters. The maximum absolute atomic E-state index is 12.8. The number of hydrogen-bond donors (Lipinski definition) is 1. The first-order chi connectivity index (χ1) is 16.1. The summed E-state index contributed by atoms with van der Waals surface area (Å²) in [5.41, 5.74) is 3.31. The minimum atomic E-state index is -0.903. The molecule has 0 heterocycles. The number of carbonyl (C=O) groups excluding carboxylic acids is 2. The maximum Gasteiger partial charge on any atom is 0.397 e. The second-order valence-corrected chi connectivity index (χ2v) is 7.74. The average molecular weight is 440 g/mol. The van der Waals surface area contributed by atoms with Crippen LogP contribution in [0.1, 0.15) is 18.1 Å². The molecule has 4 aromatic rings. The first-order valence-corrected chi connectivity index (χ1v) is 10.9. The molecule has 4 rings (SSSR count). The summed E-state index contributed by atoms with van der Waals surface area (Å²) in [4.78, 5) is 26.3. The lowest BCUT2D eigenvalue weighted by Gasteiger charge is -2.22. The zero-order valence-corrected chi connectivity index (χ0v) is 18.4. The fraction of sp³-hybridized carbons (Fsp3) is 0.143. The number of ether oxygens (including phenoxy) is 1. The van der Waals surface area contributed by atoms with Gasteiger partial charge in [-0.2, -0.15) is 0 Å². The van der Waals surface area contributed by atoms with Gasteiger partial charge in [-0.05, 0) is 40.5 Å². The van der Waals surface area contributed by atoms with Crippen molar-refractivity contribution in [2.75, 3.05) is 6.61 Å². The summed E-state index contributed by atoms with van der Waals surface area (Å²) in [5.74, 6) is -1.58. The van der Waals surface area contributed by atoms with E-state index in [0.29, 0.717) is 5.56 Å². The molecule has 0 radical (unpaired) electrons. The third-order valence-corrected chi connectivity index (χ3v) is 5.50. The topological polar surface area (TPSA) is 66.8 Å². The second-order valence-electron chi connectivity index (χ2n) is 7.74. The molecule has 0 bridgehead atoms. The van der Waals surface area contributed by atoms with E-state index in [1.807, 2.05) is 60.7 Å². The van der Waals surface area contributed by atoms with Crippen LogP contribution in [0.4, 0.5) is 0 Å². The van der Waals surface area contributed by atoms with E-state index in [2.05, 4.69) is 18.2 Å². The van der Waals surface area contributed by atoms with Gasteiger partial charge in [0.2, 0.25) is 0 Å². The van der Waals surface area contributed by atoms with E-state index in [1.165, 1.54) is 4.90 Å². The largest absolute Gasteiger partial charge is 0.508 e. The van der Waals surface area contributed by atoms with Crippen molar-refractivity contribution >= 4 is 22.6 Å². The fourth-order valence-corrected chi connectivity index (χ4v) is 3.87. The predicted molar refractivity (Wildman–Crippen MR) is 128 cm³/mol. The number of phenols is 1. The van der Waals surface area contributed by atoms with Crippen molar-refractivity contribution in [3.05, 3.63) is 102 Å². The van der Waals surface area contributed by atoms with Gasteiger partial charge in [-0.25, -0.2) is 4.79 Å². The zero-order chi connectivity index (χ0) is 23.2. The quantitative estimate of drug-likeness (QED) is 0.327. The number of amides is 1. The van der Waals surface area contributed by atoms with Crippen molar-refractivity contribution in [3.8, 4) is 16.9 Å². The molecule has 0 fully saturated rings. The zero-order valence-electron chi connectivity index (χ0n) is 18.4. The van der Waals surface area contributed by atoms with Gasteiger partial charge >= 0.3 is 11.9 Å². The Labute approximate surface area is 192 Å². The molecule has 1 N–H and O–H groups in total. The number of rotatable bonds is 6. The molecular weight excluding hydrogens is 414 g/mol. The molecule has 33 heavy (non-hydrogen) atoms. The third kappa shape index (κ3) is 5.04. The van der Waals surface area contributed by atoms with Gasteiger partial charge < -0.3 is 14.7 Å². The Morgan fingerprint density at radius 3 is 2.33 bits per heavy atom. The lowest BCUT2D eigenvalue weighted by molar-refractivity contribution is -0.160.